The van der Waals surface area contributed by atoms with E-state index in [1.165, 1.54) is 5.56 Å². The molecule has 4 heteroatoms. The quantitative estimate of drug-likeness (QED) is 0.554. The van der Waals surface area contributed by atoms with Crippen LogP contribution in [0.1, 0.15) is 32.7 Å². The Morgan fingerprint density at radius 3 is 2.19 bits per heavy atom. The Morgan fingerprint density at radius 1 is 0.885 bits per heavy atom. The number of Topliss-reactive ketones (excluding diaryl/α,β-unsaturated/α-hetero) is 1. The standard InChI is InChI=1S/C22H22N2O2/c1-15-9-11-18(12-10-15)14-24-13-5-8-19(24)21(25)22(26)23-20-16(2)6-4-7-17(20)3/h4-13H,14H2,1-3H3,(H,23,26). The summed E-state index contributed by atoms with van der Waals surface area (Å²) in [6.45, 7) is 6.40. The molecule has 0 unspecified atom stereocenters. The Balaban J connectivity index is 1.79. The molecular formula is C22H22N2O2. The minimum absolute atomic E-state index is 0.384. The van der Waals surface area contributed by atoms with Crippen LogP contribution >= 0.6 is 0 Å². The second-order valence-electron chi connectivity index (χ2n) is 6.56. The molecule has 0 aliphatic rings. The van der Waals surface area contributed by atoms with Gasteiger partial charge in [-0.05, 0) is 49.6 Å². The molecule has 26 heavy (non-hydrogen) atoms. The Hall–Kier alpha value is -3.14. The second kappa shape index (κ2) is 7.40. The topological polar surface area (TPSA) is 51.1 Å². The highest BCUT2D eigenvalue weighted by Gasteiger charge is 2.21. The molecule has 0 saturated carbocycles. The summed E-state index contributed by atoms with van der Waals surface area (Å²) in [4.78, 5) is 25.2. The van der Waals surface area contributed by atoms with Gasteiger partial charge in [-0.1, -0.05) is 48.0 Å². The lowest BCUT2D eigenvalue weighted by molar-refractivity contribution is -0.112. The lowest BCUT2D eigenvalue weighted by Gasteiger charge is -2.12. The van der Waals surface area contributed by atoms with E-state index in [1.807, 2.05) is 69.4 Å². The van der Waals surface area contributed by atoms with E-state index in [9.17, 15) is 9.59 Å². The number of hydrogen-bond acceptors (Lipinski definition) is 2. The molecule has 3 aromatic rings. The Bertz CT molecular complexity index is 932. The molecule has 0 aliphatic heterocycles. The highest BCUT2D eigenvalue weighted by Crippen LogP contribution is 2.20. The normalized spacial score (nSPS) is 10.6. The summed E-state index contributed by atoms with van der Waals surface area (Å²) in [5.74, 6) is -1.16. The van der Waals surface area contributed by atoms with Crippen LogP contribution in [0.3, 0.4) is 0 Å². The van der Waals surface area contributed by atoms with Gasteiger partial charge in [0.1, 0.15) is 0 Å². The van der Waals surface area contributed by atoms with Crippen LogP contribution in [0.25, 0.3) is 0 Å². The monoisotopic (exact) mass is 346 g/mol. The maximum atomic E-state index is 12.7. The molecule has 132 valence electrons. The van der Waals surface area contributed by atoms with Crippen molar-refractivity contribution in [2.75, 3.05) is 5.32 Å². The molecule has 0 radical (unpaired) electrons. The number of carbonyl (C=O) groups is 2. The number of carbonyl (C=O) groups excluding carboxylic acids is 2. The average Bonchev–Trinajstić information content (AvgIpc) is 3.07. The zero-order valence-corrected chi connectivity index (χ0v) is 15.2. The molecule has 0 atom stereocenters. The summed E-state index contributed by atoms with van der Waals surface area (Å²) in [5, 5.41) is 2.76. The number of benzene rings is 2. The van der Waals surface area contributed by atoms with Gasteiger partial charge in [-0.15, -0.1) is 0 Å². The largest absolute Gasteiger partial charge is 0.340 e. The number of aryl methyl sites for hydroxylation is 3. The zero-order chi connectivity index (χ0) is 18.7. The number of anilines is 1. The van der Waals surface area contributed by atoms with Crippen molar-refractivity contribution in [3.63, 3.8) is 0 Å². The van der Waals surface area contributed by atoms with Crippen molar-refractivity contribution in [1.29, 1.82) is 0 Å². The molecule has 1 amide bonds. The fourth-order valence-corrected chi connectivity index (χ4v) is 2.95. The molecular weight excluding hydrogens is 324 g/mol. The van der Waals surface area contributed by atoms with E-state index in [4.69, 9.17) is 0 Å². The van der Waals surface area contributed by atoms with Crippen LogP contribution in [0.15, 0.2) is 60.8 Å². The number of ketones is 1. The number of nitrogens with one attached hydrogen (secondary N) is 1. The van der Waals surface area contributed by atoms with Crippen molar-refractivity contribution in [2.24, 2.45) is 0 Å². The highest BCUT2D eigenvalue weighted by atomic mass is 16.2. The Kier molecular flexibility index (Phi) is 5.03. The second-order valence-corrected chi connectivity index (χ2v) is 6.56. The molecule has 0 aliphatic carbocycles. The molecule has 0 saturated heterocycles. The van der Waals surface area contributed by atoms with E-state index in [2.05, 4.69) is 5.32 Å². The van der Waals surface area contributed by atoms with E-state index in [1.54, 1.807) is 16.7 Å². The van der Waals surface area contributed by atoms with Crippen molar-refractivity contribution < 1.29 is 9.59 Å². The van der Waals surface area contributed by atoms with Crippen molar-refractivity contribution in [3.8, 4) is 0 Å². The third kappa shape index (κ3) is 3.75. The van der Waals surface area contributed by atoms with Gasteiger partial charge in [0.25, 0.3) is 11.7 Å². The van der Waals surface area contributed by atoms with E-state index >= 15 is 0 Å². The first-order valence-corrected chi connectivity index (χ1v) is 8.58. The SMILES string of the molecule is Cc1ccc(Cn2cccc2C(=O)C(=O)Nc2c(C)cccc2C)cc1. The Labute approximate surface area is 153 Å². The van der Waals surface area contributed by atoms with Gasteiger partial charge in [-0.2, -0.15) is 0 Å². The average molecular weight is 346 g/mol. The molecule has 0 bridgehead atoms. The van der Waals surface area contributed by atoms with Gasteiger partial charge in [0.15, 0.2) is 0 Å². The molecule has 1 N–H and O–H groups in total. The van der Waals surface area contributed by atoms with Gasteiger partial charge < -0.3 is 9.88 Å². The van der Waals surface area contributed by atoms with Gasteiger partial charge in [0.2, 0.25) is 0 Å². The van der Waals surface area contributed by atoms with Crippen molar-refractivity contribution in [3.05, 3.63) is 88.7 Å². The first kappa shape index (κ1) is 17.7. The van der Waals surface area contributed by atoms with Gasteiger partial charge in [0, 0.05) is 18.4 Å². The minimum atomic E-state index is -0.619. The van der Waals surface area contributed by atoms with Gasteiger partial charge >= 0.3 is 0 Å². The maximum absolute atomic E-state index is 12.7. The summed E-state index contributed by atoms with van der Waals surface area (Å²) in [7, 11) is 0. The molecule has 1 heterocycles. The molecule has 1 aromatic heterocycles. The van der Waals surface area contributed by atoms with Crippen molar-refractivity contribution in [2.45, 2.75) is 27.3 Å². The summed E-state index contributed by atoms with van der Waals surface area (Å²) in [6.07, 6.45) is 1.82. The number of hydrogen-bond donors (Lipinski definition) is 1. The number of aromatic nitrogens is 1. The summed E-state index contributed by atoms with van der Waals surface area (Å²) in [5.41, 5.74) is 5.21. The predicted octanol–water partition coefficient (Wildman–Crippen LogP) is 4.28. The number of nitrogens with zero attached hydrogens (tertiary/aromatic N) is 1. The van der Waals surface area contributed by atoms with Crippen LogP contribution in [0, 0.1) is 20.8 Å². The summed E-state index contributed by atoms with van der Waals surface area (Å²) < 4.78 is 1.80. The van der Waals surface area contributed by atoms with Crippen LogP contribution in [0.4, 0.5) is 5.69 Å². The number of para-hydroxylation sites is 1. The molecule has 3 rings (SSSR count). The van der Waals surface area contributed by atoms with E-state index in [0.717, 1.165) is 16.7 Å². The van der Waals surface area contributed by atoms with Gasteiger partial charge in [-0.25, -0.2) is 0 Å². The van der Waals surface area contributed by atoms with Crippen LogP contribution in [-0.2, 0) is 11.3 Å². The van der Waals surface area contributed by atoms with Crippen molar-refractivity contribution in [1.82, 2.24) is 4.57 Å². The first-order valence-electron chi connectivity index (χ1n) is 8.58. The van der Waals surface area contributed by atoms with E-state index < -0.39 is 11.7 Å². The molecule has 0 spiro atoms. The van der Waals surface area contributed by atoms with Crippen LogP contribution in [-0.4, -0.2) is 16.3 Å². The van der Waals surface area contributed by atoms with Crippen LogP contribution < -0.4 is 5.32 Å². The molecule has 2 aromatic carbocycles. The summed E-state index contributed by atoms with van der Waals surface area (Å²) >= 11 is 0. The maximum Gasteiger partial charge on any atom is 0.298 e. The Morgan fingerprint density at radius 2 is 1.54 bits per heavy atom. The lowest BCUT2D eigenvalue weighted by atomic mass is 10.1. The van der Waals surface area contributed by atoms with Crippen LogP contribution in [0.5, 0.6) is 0 Å². The molecule has 4 nitrogen and oxygen atoms in total. The van der Waals surface area contributed by atoms with Crippen LogP contribution in [0.2, 0.25) is 0 Å². The fraction of sp³-hybridized carbons (Fsp3) is 0.182. The van der Waals surface area contributed by atoms with Crippen molar-refractivity contribution >= 4 is 17.4 Å². The van der Waals surface area contributed by atoms with E-state index in [-0.39, 0.29) is 0 Å². The van der Waals surface area contributed by atoms with E-state index in [0.29, 0.717) is 17.9 Å². The van der Waals surface area contributed by atoms with Gasteiger partial charge in [-0.3, -0.25) is 9.59 Å². The number of amides is 1. The molecule has 0 fully saturated rings. The highest BCUT2D eigenvalue weighted by molar-refractivity contribution is 6.46. The third-order valence-corrected chi connectivity index (χ3v) is 4.46. The smallest absolute Gasteiger partial charge is 0.298 e. The zero-order valence-electron chi connectivity index (χ0n) is 15.2. The third-order valence-electron chi connectivity index (χ3n) is 4.46. The van der Waals surface area contributed by atoms with Gasteiger partial charge in [0.05, 0.1) is 5.69 Å². The first-order chi connectivity index (χ1) is 12.5. The lowest BCUT2D eigenvalue weighted by Crippen LogP contribution is -2.26. The number of rotatable bonds is 5. The minimum Gasteiger partial charge on any atom is -0.340 e. The summed E-state index contributed by atoms with van der Waals surface area (Å²) in [6, 6.07) is 17.3. The fourth-order valence-electron chi connectivity index (χ4n) is 2.95. The predicted molar refractivity (Wildman–Crippen MR) is 104 cm³/mol.